The number of rotatable bonds is 4. The van der Waals surface area contributed by atoms with E-state index in [1.54, 1.807) is 6.07 Å². The number of pyridine rings is 1. The average Bonchev–Trinajstić information content (AvgIpc) is 2.59. The molecule has 2 aliphatic rings. The number of hydrogen-bond acceptors (Lipinski definition) is 3. The first kappa shape index (κ1) is 16.9. The molecule has 0 bridgehead atoms. The molecule has 3 rings (SSSR count). The van der Waals surface area contributed by atoms with Gasteiger partial charge >= 0.3 is 0 Å². The molecule has 2 aliphatic carbocycles. The molecule has 0 aromatic carbocycles. The maximum atomic E-state index is 13.0. The normalized spacial score (nSPS) is 18.3. The van der Waals surface area contributed by atoms with Gasteiger partial charge in [-0.2, -0.15) is 0 Å². The summed E-state index contributed by atoms with van der Waals surface area (Å²) in [6.45, 7) is 2.71. The Labute approximate surface area is 142 Å². The van der Waals surface area contributed by atoms with E-state index < -0.39 is 0 Å². The van der Waals surface area contributed by atoms with Crippen LogP contribution in [0.15, 0.2) is 10.9 Å². The number of H-pyrrole nitrogens is 1. The number of aromatic amines is 1. The average molecular weight is 330 g/mol. The molecule has 5 nitrogen and oxygen atoms in total. The molecule has 1 fully saturated rings. The van der Waals surface area contributed by atoms with Crippen molar-refractivity contribution in [2.24, 2.45) is 0 Å². The first-order valence-corrected chi connectivity index (χ1v) is 9.22. The molecule has 1 N–H and O–H groups in total. The Morgan fingerprint density at radius 3 is 2.62 bits per heavy atom. The zero-order valence-electron chi connectivity index (χ0n) is 14.4. The van der Waals surface area contributed by atoms with Gasteiger partial charge in [-0.25, -0.2) is 0 Å². The van der Waals surface area contributed by atoms with Crippen molar-refractivity contribution in [3.05, 3.63) is 33.2 Å². The number of ketones is 1. The molecular formula is C19H26N2O3. The minimum Gasteiger partial charge on any atom is -0.336 e. The summed E-state index contributed by atoms with van der Waals surface area (Å²) < 4.78 is 0. The van der Waals surface area contributed by atoms with E-state index in [4.69, 9.17) is 0 Å². The van der Waals surface area contributed by atoms with E-state index in [2.05, 4.69) is 4.98 Å². The Kier molecular flexibility index (Phi) is 5.17. The van der Waals surface area contributed by atoms with Crippen LogP contribution in [0.5, 0.6) is 0 Å². The number of carbonyl (C=O) groups excluding carboxylic acids is 2. The lowest BCUT2D eigenvalue weighted by molar-refractivity contribution is 0.0632. The molecule has 1 heterocycles. The minimum atomic E-state index is -0.356. The summed E-state index contributed by atoms with van der Waals surface area (Å²) >= 11 is 0. The van der Waals surface area contributed by atoms with Gasteiger partial charge in [0.1, 0.15) is 5.56 Å². The van der Waals surface area contributed by atoms with E-state index in [9.17, 15) is 14.4 Å². The monoisotopic (exact) mass is 330 g/mol. The Morgan fingerprint density at radius 2 is 1.92 bits per heavy atom. The Hall–Kier alpha value is -1.91. The van der Waals surface area contributed by atoms with Crippen LogP contribution in [0.4, 0.5) is 0 Å². The number of Topliss-reactive ketones (excluding diaryl/α,β-unsaturated/α-hetero) is 1. The van der Waals surface area contributed by atoms with E-state index in [1.165, 1.54) is 6.42 Å². The minimum absolute atomic E-state index is 0.0289. The number of hydrogen-bond donors (Lipinski definition) is 1. The van der Waals surface area contributed by atoms with E-state index in [0.717, 1.165) is 38.5 Å². The molecule has 5 heteroatoms. The van der Waals surface area contributed by atoms with E-state index >= 15 is 0 Å². The van der Waals surface area contributed by atoms with Crippen LogP contribution in [0.2, 0.25) is 0 Å². The molecule has 1 saturated carbocycles. The fourth-order valence-electron chi connectivity index (χ4n) is 3.97. The fraction of sp³-hybridized carbons (Fsp3) is 0.632. The highest BCUT2D eigenvalue weighted by molar-refractivity contribution is 6.01. The Bertz CT molecular complexity index is 686. The second-order valence-electron chi connectivity index (χ2n) is 6.97. The van der Waals surface area contributed by atoms with Gasteiger partial charge in [-0.3, -0.25) is 14.4 Å². The fourth-order valence-corrected chi connectivity index (χ4v) is 3.97. The highest BCUT2D eigenvalue weighted by Gasteiger charge is 2.29. The van der Waals surface area contributed by atoms with Gasteiger partial charge in [0.05, 0.1) is 0 Å². The maximum absolute atomic E-state index is 13.0. The molecule has 0 atom stereocenters. The quantitative estimate of drug-likeness (QED) is 0.922. The van der Waals surface area contributed by atoms with Crippen molar-refractivity contribution < 1.29 is 9.59 Å². The topological polar surface area (TPSA) is 70.2 Å². The molecule has 0 saturated heterocycles. The zero-order valence-corrected chi connectivity index (χ0v) is 14.4. The van der Waals surface area contributed by atoms with Gasteiger partial charge in [0, 0.05) is 30.3 Å². The summed E-state index contributed by atoms with van der Waals surface area (Å²) in [5.74, 6) is -0.188. The zero-order chi connectivity index (χ0) is 17.1. The third-order valence-electron chi connectivity index (χ3n) is 5.23. The van der Waals surface area contributed by atoms with Gasteiger partial charge in [0.25, 0.3) is 11.5 Å². The molecule has 0 spiro atoms. The highest BCUT2D eigenvalue weighted by Crippen LogP contribution is 2.25. The lowest BCUT2D eigenvalue weighted by atomic mass is 9.92. The summed E-state index contributed by atoms with van der Waals surface area (Å²) in [6.07, 6.45) is 8.33. The largest absolute Gasteiger partial charge is 0.336 e. The number of nitrogens with zero attached hydrogens (tertiary/aromatic N) is 1. The first-order valence-electron chi connectivity index (χ1n) is 9.22. The number of fused-ring (bicyclic) bond motifs is 1. The van der Waals surface area contributed by atoms with Crippen LogP contribution in [0.3, 0.4) is 0 Å². The van der Waals surface area contributed by atoms with Crippen molar-refractivity contribution in [2.75, 3.05) is 6.54 Å². The van der Waals surface area contributed by atoms with Crippen molar-refractivity contribution >= 4 is 11.7 Å². The van der Waals surface area contributed by atoms with Crippen molar-refractivity contribution in [1.29, 1.82) is 0 Å². The highest BCUT2D eigenvalue weighted by atomic mass is 16.2. The summed E-state index contributed by atoms with van der Waals surface area (Å²) in [5, 5.41) is 0. The van der Waals surface area contributed by atoms with Crippen molar-refractivity contribution in [2.45, 2.75) is 70.8 Å². The number of amides is 1. The molecule has 0 unspecified atom stereocenters. The Morgan fingerprint density at radius 1 is 1.17 bits per heavy atom. The van der Waals surface area contributed by atoms with Gasteiger partial charge in [-0.1, -0.05) is 26.2 Å². The van der Waals surface area contributed by atoms with E-state index in [0.29, 0.717) is 30.6 Å². The third-order valence-corrected chi connectivity index (χ3v) is 5.23. The standard InChI is InChI=1S/C19H26N2O3/c1-2-11-21(13-7-4-3-5-8-13)19(24)15-12-14-16(20-18(15)23)9-6-10-17(14)22/h12-13H,2-11H2,1H3,(H,20,23). The number of nitrogens with one attached hydrogen (secondary N) is 1. The van der Waals surface area contributed by atoms with Gasteiger partial charge in [-0.05, 0) is 38.2 Å². The predicted molar refractivity (Wildman–Crippen MR) is 92.5 cm³/mol. The molecule has 130 valence electrons. The second-order valence-corrected chi connectivity index (χ2v) is 6.97. The summed E-state index contributed by atoms with van der Waals surface area (Å²) in [7, 11) is 0. The smallest absolute Gasteiger partial charge is 0.261 e. The SMILES string of the molecule is CCCN(C(=O)c1cc2c([nH]c1=O)CCCC2=O)C1CCCCC1. The van der Waals surface area contributed by atoms with Gasteiger partial charge in [0.15, 0.2) is 5.78 Å². The Balaban J connectivity index is 1.93. The summed E-state index contributed by atoms with van der Waals surface area (Å²) in [4.78, 5) is 42.2. The number of aryl methyl sites for hydroxylation is 1. The van der Waals surface area contributed by atoms with Crippen LogP contribution in [0, 0.1) is 0 Å². The maximum Gasteiger partial charge on any atom is 0.261 e. The van der Waals surface area contributed by atoms with Crippen LogP contribution in [-0.4, -0.2) is 34.2 Å². The van der Waals surface area contributed by atoms with Crippen LogP contribution in [0.25, 0.3) is 0 Å². The summed E-state index contributed by atoms with van der Waals surface area (Å²) in [6, 6.07) is 1.76. The molecule has 0 aliphatic heterocycles. The molecular weight excluding hydrogens is 304 g/mol. The summed E-state index contributed by atoms with van der Waals surface area (Å²) in [5.41, 5.74) is 0.991. The third kappa shape index (κ3) is 3.30. The lowest BCUT2D eigenvalue weighted by Gasteiger charge is -2.34. The van der Waals surface area contributed by atoms with Gasteiger partial charge in [0.2, 0.25) is 0 Å². The number of aromatic nitrogens is 1. The molecule has 24 heavy (non-hydrogen) atoms. The lowest BCUT2D eigenvalue weighted by Crippen LogP contribution is -2.44. The second kappa shape index (κ2) is 7.32. The molecule has 1 amide bonds. The van der Waals surface area contributed by atoms with Crippen LogP contribution in [0.1, 0.15) is 84.7 Å². The van der Waals surface area contributed by atoms with Crippen molar-refractivity contribution in [3.63, 3.8) is 0 Å². The molecule has 1 aromatic heterocycles. The molecule has 1 aromatic rings. The van der Waals surface area contributed by atoms with Crippen LogP contribution >= 0.6 is 0 Å². The van der Waals surface area contributed by atoms with Gasteiger partial charge < -0.3 is 9.88 Å². The molecule has 0 radical (unpaired) electrons. The van der Waals surface area contributed by atoms with Crippen LogP contribution in [-0.2, 0) is 6.42 Å². The number of carbonyl (C=O) groups is 2. The van der Waals surface area contributed by atoms with Crippen molar-refractivity contribution in [3.8, 4) is 0 Å². The first-order chi connectivity index (χ1) is 11.6. The van der Waals surface area contributed by atoms with E-state index in [-0.39, 0.29) is 28.9 Å². The predicted octanol–water partition coefficient (Wildman–Crippen LogP) is 3.08. The van der Waals surface area contributed by atoms with Gasteiger partial charge in [-0.15, -0.1) is 0 Å². The van der Waals surface area contributed by atoms with E-state index in [1.807, 2.05) is 11.8 Å². The van der Waals surface area contributed by atoms with Crippen molar-refractivity contribution in [1.82, 2.24) is 9.88 Å². The van der Waals surface area contributed by atoms with Crippen LogP contribution < -0.4 is 5.56 Å².